The van der Waals surface area contributed by atoms with Crippen LogP contribution in [0.5, 0.6) is 0 Å². The van der Waals surface area contributed by atoms with Crippen LogP contribution in [0.4, 0.5) is 0 Å². The first kappa shape index (κ1) is 11.9. The van der Waals surface area contributed by atoms with Crippen molar-refractivity contribution >= 4 is 0 Å². The Morgan fingerprint density at radius 3 is 2.47 bits per heavy atom. The predicted octanol–water partition coefficient (Wildman–Crippen LogP) is 2.60. The third kappa shape index (κ3) is 2.51. The van der Waals surface area contributed by atoms with Crippen LogP contribution in [0.1, 0.15) is 57.8 Å². The quantitative estimate of drug-likeness (QED) is 0.705. The zero-order chi connectivity index (χ0) is 11.6. The minimum absolute atomic E-state index is 0.0634. The van der Waals surface area contributed by atoms with Gasteiger partial charge in [0.15, 0.2) is 0 Å². The summed E-state index contributed by atoms with van der Waals surface area (Å²) in [5.41, 5.74) is 0.326. The molecule has 2 aliphatic heterocycles. The fraction of sp³-hybridized carbons (Fsp3) is 1.00. The molecule has 3 nitrogen and oxygen atoms in total. The largest absolute Gasteiger partial charge is 0.381 e. The molecule has 1 N–H and O–H groups in total. The zero-order valence-electron chi connectivity index (χ0n) is 10.8. The molecule has 1 saturated carbocycles. The molecular weight excluding hydrogens is 214 g/mol. The van der Waals surface area contributed by atoms with Gasteiger partial charge in [-0.05, 0) is 32.1 Å². The number of hydrogen-bond donors (Lipinski definition) is 1. The Hall–Kier alpha value is -0.120. The standard InChI is InChI=1S/C14H25NO2/c1-2-5-13(6-3-1)8-12-17-14(15-13)7-4-10-16-11-9-14/h15H,1-12H2. The van der Waals surface area contributed by atoms with Crippen LogP contribution < -0.4 is 5.32 Å². The molecule has 2 spiro atoms. The lowest BCUT2D eigenvalue weighted by molar-refractivity contribution is -0.147. The van der Waals surface area contributed by atoms with Crippen molar-refractivity contribution in [3.05, 3.63) is 0 Å². The fourth-order valence-corrected chi connectivity index (χ4v) is 3.82. The molecule has 0 bridgehead atoms. The fourth-order valence-electron chi connectivity index (χ4n) is 3.82. The Labute approximate surface area is 104 Å². The second kappa shape index (κ2) is 4.87. The molecule has 0 aromatic heterocycles. The van der Waals surface area contributed by atoms with Crippen LogP contribution in [-0.4, -0.2) is 31.1 Å². The second-order valence-corrected chi connectivity index (χ2v) is 6.02. The van der Waals surface area contributed by atoms with Gasteiger partial charge < -0.3 is 9.47 Å². The van der Waals surface area contributed by atoms with E-state index in [-0.39, 0.29) is 5.72 Å². The molecule has 2 saturated heterocycles. The van der Waals surface area contributed by atoms with Crippen LogP contribution in [0.15, 0.2) is 0 Å². The first-order valence-electron chi connectivity index (χ1n) is 7.34. The summed E-state index contributed by atoms with van der Waals surface area (Å²) in [5, 5.41) is 3.92. The van der Waals surface area contributed by atoms with Gasteiger partial charge in [-0.15, -0.1) is 0 Å². The lowest BCUT2D eigenvalue weighted by atomic mass is 9.77. The van der Waals surface area contributed by atoms with Crippen molar-refractivity contribution in [3.8, 4) is 0 Å². The maximum Gasteiger partial charge on any atom is 0.121 e. The number of nitrogens with one attached hydrogen (secondary N) is 1. The molecule has 2 heterocycles. The van der Waals surface area contributed by atoms with Gasteiger partial charge in [-0.1, -0.05) is 19.3 Å². The summed E-state index contributed by atoms with van der Waals surface area (Å²) in [6.45, 7) is 2.69. The first-order chi connectivity index (χ1) is 8.33. The minimum atomic E-state index is -0.0634. The van der Waals surface area contributed by atoms with E-state index >= 15 is 0 Å². The zero-order valence-corrected chi connectivity index (χ0v) is 10.8. The Balaban J connectivity index is 1.72. The molecule has 0 radical (unpaired) electrons. The van der Waals surface area contributed by atoms with Gasteiger partial charge in [-0.25, -0.2) is 0 Å². The summed E-state index contributed by atoms with van der Waals surface area (Å²) in [7, 11) is 0. The molecule has 3 aliphatic rings. The monoisotopic (exact) mass is 239 g/mol. The van der Waals surface area contributed by atoms with Crippen molar-refractivity contribution < 1.29 is 9.47 Å². The van der Waals surface area contributed by atoms with E-state index in [1.54, 1.807) is 0 Å². The highest BCUT2D eigenvalue weighted by Gasteiger charge is 2.45. The molecule has 3 heteroatoms. The molecule has 98 valence electrons. The van der Waals surface area contributed by atoms with E-state index in [0.29, 0.717) is 5.54 Å². The Morgan fingerprint density at radius 1 is 0.706 bits per heavy atom. The van der Waals surface area contributed by atoms with Crippen LogP contribution in [-0.2, 0) is 9.47 Å². The van der Waals surface area contributed by atoms with Crippen LogP contribution in [0.3, 0.4) is 0 Å². The second-order valence-electron chi connectivity index (χ2n) is 6.02. The third-order valence-corrected chi connectivity index (χ3v) is 4.78. The minimum Gasteiger partial charge on any atom is -0.381 e. The summed E-state index contributed by atoms with van der Waals surface area (Å²) in [4.78, 5) is 0. The molecule has 3 fully saturated rings. The molecule has 1 atom stereocenters. The van der Waals surface area contributed by atoms with E-state index in [9.17, 15) is 0 Å². The highest BCUT2D eigenvalue weighted by molar-refractivity contribution is 4.99. The van der Waals surface area contributed by atoms with E-state index in [4.69, 9.17) is 9.47 Å². The Bertz CT molecular complexity index is 247. The highest BCUT2D eigenvalue weighted by atomic mass is 16.5. The van der Waals surface area contributed by atoms with Gasteiger partial charge in [0.1, 0.15) is 5.72 Å². The molecule has 0 amide bonds. The lowest BCUT2D eigenvalue weighted by Gasteiger charge is -2.51. The number of rotatable bonds is 0. The normalized spacial score (nSPS) is 38.1. The molecule has 17 heavy (non-hydrogen) atoms. The van der Waals surface area contributed by atoms with Crippen molar-refractivity contribution in [3.63, 3.8) is 0 Å². The van der Waals surface area contributed by atoms with Gasteiger partial charge in [-0.3, -0.25) is 5.32 Å². The maximum absolute atomic E-state index is 6.12. The lowest BCUT2D eigenvalue weighted by Crippen LogP contribution is -2.64. The van der Waals surface area contributed by atoms with Crippen molar-refractivity contribution in [2.45, 2.75) is 69.1 Å². The van der Waals surface area contributed by atoms with Crippen LogP contribution in [0, 0.1) is 0 Å². The smallest absolute Gasteiger partial charge is 0.121 e. The van der Waals surface area contributed by atoms with Crippen molar-refractivity contribution in [1.29, 1.82) is 0 Å². The Morgan fingerprint density at radius 2 is 1.59 bits per heavy atom. The molecule has 1 aliphatic carbocycles. The maximum atomic E-state index is 6.12. The van der Waals surface area contributed by atoms with Crippen LogP contribution >= 0.6 is 0 Å². The highest BCUT2D eigenvalue weighted by Crippen LogP contribution is 2.39. The topological polar surface area (TPSA) is 30.5 Å². The van der Waals surface area contributed by atoms with Gasteiger partial charge in [0, 0.05) is 18.6 Å². The summed E-state index contributed by atoms with van der Waals surface area (Å²) in [5.74, 6) is 0. The van der Waals surface area contributed by atoms with Crippen molar-refractivity contribution in [1.82, 2.24) is 5.32 Å². The average molecular weight is 239 g/mol. The number of hydrogen-bond acceptors (Lipinski definition) is 3. The summed E-state index contributed by atoms with van der Waals surface area (Å²) >= 11 is 0. The third-order valence-electron chi connectivity index (χ3n) is 4.78. The van der Waals surface area contributed by atoms with Crippen molar-refractivity contribution in [2.75, 3.05) is 19.8 Å². The van der Waals surface area contributed by atoms with Gasteiger partial charge >= 0.3 is 0 Å². The Kier molecular flexibility index (Phi) is 3.42. The van der Waals surface area contributed by atoms with E-state index in [1.807, 2.05) is 0 Å². The van der Waals surface area contributed by atoms with Crippen LogP contribution in [0.25, 0.3) is 0 Å². The van der Waals surface area contributed by atoms with Gasteiger partial charge in [-0.2, -0.15) is 0 Å². The van der Waals surface area contributed by atoms with Gasteiger partial charge in [0.25, 0.3) is 0 Å². The summed E-state index contributed by atoms with van der Waals surface area (Å²) in [6, 6.07) is 0. The van der Waals surface area contributed by atoms with Gasteiger partial charge in [0.2, 0.25) is 0 Å². The SMILES string of the molecule is C1CCC2(CC1)CCOC1(CCCOCC1)N2. The summed E-state index contributed by atoms with van der Waals surface area (Å²) in [6.07, 6.45) is 11.4. The number of ether oxygens (including phenoxy) is 2. The van der Waals surface area contributed by atoms with E-state index in [0.717, 1.165) is 39.1 Å². The van der Waals surface area contributed by atoms with Gasteiger partial charge in [0.05, 0.1) is 13.2 Å². The molecule has 3 rings (SSSR count). The average Bonchev–Trinajstić information content (AvgIpc) is 2.56. The van der Waals surface area contributed by atoms with E-state index in [1.165, 1.54) is 38.5 Å². The van der Waals surface area contributed by atoms with E-state index in [2.05, 4.69) is 5.32 Å². The van der Waals surface area contributed by atoms with Crippen LogP contribution in [0.2, 0.25) is 0 Å². The molecule has 0 aromatic rings. The first-order valence-corrected chi connectivity index (χ1v) is 7.34. The molecule has 1 unspecified atom stereocenters. The van der Waals surface area contributed by atoms with E-state index < -0.39 is 0 Å². The molecule has 0 aromatic carbocycles. The van der Waals surface area contributed by atoms with Crippen molar-refractivity contribution in [2.24, 2.45) is 0 Å². The summed E-state index contributed by atoms with van der Waals surface area (Å²) < 4.78 is 11.7. The predicted molar refractivity (Wildman–Crippen MR) is 66.9 cm³/mol. The molecular formula is C14H25NO2.